The number of halogens is 3. The summed E-state index contributed by atoms with van der Waals surface area (Å²) in [6, 6.07) is 9.76. The number of carbonyl (C=O) groups excluding carboxylic acids is 2. The number of carbonyl (C=O) groups is 2. The Labute approximate surface area is 216 Å². The van der Waals surface area contributed by atoms with Crippen molar-refractivity contribution in [2.45, 2.75) is 26.1 Å². The lowest BCUT2D eigenvalue weighted by atomic mass is 9.97. The average Bonchev–Trinajstić information content (AvgIpc) is 2.87. The van der Waals surface area contributed by atoms with Gasteiger partial charge in [0.25, 0.3) is 0 Å². The van der Waals surface area contributed by atoms with E-state index in [0.717, 1.165) is 17.2 Å². The molecule has 3 aromatic rings. The summed E-state index contributed by atoms with van der Waals surface area (Å²) in [7, 11) is 1.48. The molecule has 0 unspecified atom stereocenters. The van der Waals surface area contributed by atoms with Crippen molar-refractivity contribution >= 4 is 40.6 Å². The molecule has 198 valence electrons. The Bertz CT molecular complexity index is 1390. The summed E-state index contributed by atoms with van der Waals surface area (Å²) in [5, 5.41) is 8.16. The van der Waals surface area contributed by atoms with E-state index in [1.807, 2.05) is 6.07 Å². The molecule has 3 N–H and O–H groups in total. The summed E-state index contributed by atoms with van der Waals surface area (Å²) in [4.78, 5) is 33.1. The van der Waals surface area contributed by atoms with Crippen molar-refractivity contribution in [3.63, 3.8) is 0 Å². The van der Waals surface area contributed by atoms with E-state index in [1.54, 1.807) is 23.1 Å². The number of alkyl halides is 3. The molecule has 0 bridgehead atoms. The van der Waals surface area contributed by atoms with E-state index in [0.29, 0.717) is 42.8 Å². The second-order valence-electron chi connectivity index (χ2n) is 8.45. The van der Waals surface area contributed by atoms with Crippen LogP contribution in [0.1, 0.15) is 23.6 Å². The number of nitrogens with one attached hydrogen (secondary N) is 3. The fraction of sp³-hybridized carbons (Fsp3) is 0.231. The molecule has 1 aliphatic rings. The third-order valence-corrected chi connectivity index (χ3v) is 5.93. The van der Waals surface area contributed by atoms with Crippen LogP contribution in [0.25, 0.3) is 0 Å². The molecule has 0 aliphatic carbocycles. The molecule has 2 amide bonds. The Kier molecular flexibility index (Phi) is 7.51. The Morgan fingerprint density at radius 3 is 2.61 bits per heavy atom. The molecule has 0 spiro atoms. The molecule has 1 aromatic heterocycles. The molecule has 0 saturated heterocycles. The van der Waals surface area contributed by atoms with E-state index in [1.165, 1.54) is 26.2 Å². The quantitative estimate of drug-likeness (QED) is 0.371. The molecule has 12 heteroatoms. The van der Waals surface area contributed by atoms with E-state index in [-0.39, 0.29) is 17.5 Å². The normalized spacial score (nSPS) is 12.8. The van der Waals surface area contributed by atoms with Crippen molar-refractivity contribution in [3.05, 3.63) is 71.9 Å². The lowest BCUT2D eigenvalue weighted by Crippen LogP contribution is -2.34. The first-order valence-electron chi connectivity index (χ1n) is 11.5. The number of rotatable bonds is 7. The number of nitrogens with zero attached hydrogens (tertiary/aromatic N) is 3. The molecular formula is C26H25F3N6O3. The second-order valence-corrected chi connectivity index (χ2v) is 8.45. The average molecular weight is 527 g/mol. The van der Waals surface area contributed by atoms with Gasteiger partial charge >= 0.3 is 6.18 Å². The van der Waals surface area contributed by atoms with Gasteiger partial charge in [0, 0.05) is 43.1 Å². The van der Waals surface area contributed by atoms with Gasteiger partial charge in [-0.1, -0.05) is 18.7 Å². The van der Waals surface area contributed by atoms with Crippen LogP contribution in [0.4, 0.5) is 42.0 Å². The van der Waals surface area contributed by atoms with Gasteiger partial charge in [-0.2, -0.15) is 18.2 Å². The molecule has 2 aromatic carbocycles. The third-order valence-electron chi connectivity index (χ3n) is 5.93. The zero-order valence-corrected chi connectivity index (χ0v) is 20.6. The summed E-state index contributed by atoms with van der Waals surface area (Å²) in [6.07, 6.45) is -2.31. The van der Waals surface area contributed by atoms with E-state index in [4.69, 9.17) is 4.74 Å². The van der Waals surface area contributed by atoms with Gasteiger partial charge in [0.2, 0.25) is 17.8 Å². The molecule has 0 saturated carbocycles. The maximum Gasteiger partial charge on any atom is 0.421 e. The zero-order chi connectivity index (χ0) is 27.4. The Morgan fingerprint density at radius 2 is 1.92 bits per heavy atom. The molecule has 2 heterocycles. The summed E-state index contributed by atoms with van der Waals surface area (Å²) < 4.78 is 46.9. The van der Waals surface area contributed by atoms with Crippen LogP contribution in [0.3, 0.4) is 0 Å². The van der Waals surface area contributed by atoms with Crippen LogP contribution in [-0.2, 0) is 28.7 Å². The van der Waals surface area contributed by atoms with Crippen molar-refractivity contribution in [1.29, 1.82) is 0 Å². The van der Waals surface area contributed by atoms with Gasteiger partial charge in [-0.25, -0.2) is 4.98 Å². The Morgan fingerprint density at radius 1 is 1.16 bits per heavy atom. The minimum atomic E-state index is -4.73. The van der Waals surface area contributed by atoms with Crippen molar-refractivity contribution in [3.8, 4) is 5.75 Å². The number of methoxy groups -OCH3 is 1. The minimum Gasteiger partial charge on any atom is -0.494 e. The topological polar surface area (TPSA) is 108 Å². The van der Waals surface area contributed by atoms with Gasteiger partial charge in [-0.05, 0) is 42.3 Å². The molecule has 4 rings (SSSR count). The van der Waals surface area contributed by atoms with Crippen LogP contribution in [0.5, 0.6) is 5.75 Å². The number of anilines is 5. The molecule has 1 aliphatic heterocycles. The lowest BCUT2D eigenvalue weighted by molar-refractivity contribution is -0.137. The summed E-state index contributed by atoms with van der Waals surface area (Å²) in [6.45, 7) is 5.81. The van der Waals surface area contributed by atoms with Gasteiger partial charge in [0.15, 0.2) is 0 Å². The van der Waals surface area contributed by atoms with Crippen LogP contribution < -0.4 is 20.7 Å². The van der Waals surface area contributed by atoms with E-state index < -0.39 is 23.5 Å². The van der Waals surface area contributed by atoms with Crippen LogP contribution in [-0.4, -0.2) is 40.3 Å². The maximum absolute atomic E-state index is 13.8. The second kappa shape index (κ2) is 10.8. The molecule has 38 heavy (non-hydrogen) atoms. The first-order chi connectivity index (χ1) is 18.1. The maximum atomic E-state index is 13.8. The number of fused-ring (bicyclic) bond motifs is 1. The molecule has 0 radical (unpaired) electrons. The number of benzene rings is 2. The largest absolute Gasteiger partial charge is 0.494 e. The Balaban J connectivity index is 1.67. The van der Waals surface area contributed by atoms with Gasteiger partial charge in [-0.3, -0.25) is 9.59 Å². The Hall–Kier alpha value is -4.61. The minimum absolute atomic E-state index is 0.0639. The van der Waals surface area contributed by atoms with Gasteiger partial charge in [0.05, 0.1) is 12.8 Å². The fourth-order valence-electron chi connectivity index (χ4n) is 4.07. The summed E-state index contributed by atoms with van der Waals surface area (Å²) >= 11 is 0. The van der Waals surface area contributed by atoms with E-state index >= 15 is 0 Å². The number of hydrogen-bond acceptors (Lipinski definition) is 7. The van der Waals surface area contributed by atoms with Crippen LogP contribution in [0.15, 0.2) is 55.3 Å². The molecule has 0 atom stereocenters. The molecule has 0 fully saturated rings. The zero-order valence-electron chi connectivity index (χ0n) is 20.6. The smallest absolute Gasteiger partial charge is 0.421 e. The molecular weight excluding hydrogens is 501 g/mol. The number of amides is 2. The van der Waals surface area contributed by atoms with Crippen molar-refractivity contribution < 1.29 is 27.5 Å². The van der Waals surface area contributed by atoms with Crippen LogP contribution in [0, 0.1) is 0 Å². The lowest BCUT2D eigenvalue weighted by Gasteiger charge is -2.30. The highest BCUT2D eigenvalue weighted by Crippen LogP contribution is 2.38. The van der Waals surface area contributed by atoms with Crippen molar-refractivity contribution in [2.24, 2.45) is 0 Å². The van der Waals surface area contributed by atoms with Crippen LogP contribution in [0.2, 0.25) is 0 Å². The SMILES string of the molecule is C=CC(=O)Nc1cccc(Nc2nc(Nc3ccc4c(c3OC)CN(C(C)=O)CC4)ncc2C(F)(F)F)c1. The number of hydrogen-bond donors (Lipinski definition) is 3. The third kappa shape index (κ3) is 5.85. The van der Waals surface area contributed by atoms with E-state index in [9.17, 15) is 22.8 Å². The van der Waals surface area contributed by atoms with Gasteiger partial charge in [0.1, 0.15) is 17.1 Å². The predicted octanol–water partition coefficient (Wildman–Crippen LogP) is 5.02. The van der Waals surface area contributed by atoms with Gasteiger partial charge < -0.3 is 25.6 Å². The number of ether oxygens (including phenoxy) is 1. The fourth-order valence-corrected chi connectivity index (χ4v) is 4.07. The van der Waals surface area contributed by atoms with Crippen LogP contribution >= 0.6 is 0 Å². The first kappa shape index (κ1) is 26.5. The van der Waals surface area contributed by atoms with E-state index in [2.05, 4.69) is 32.5 Å². The predicted molar refractivity (Wildman–Crippen MR) is 137 cm³/mol. The highest BCUT2D eigenvalue weighted by Gasteiger charge is 2.35. The van der Waals surface area contributed by atoms with Crippen molar-refractivity contribution in [1.82, 2.24) is 14.9 Å². The van der Waals surface area contributed by atoms with Gasteiger partial charge in [-0.15, -0.1) is 0 Å². The van der Waals surface area contributed by atoms with Crippen molar-refractivity contribution in [2.75, 3.05) is 29.6 Å². The number of aromatic nitrogens is 2. The highest BCUT2D eigenvalue weighted by molar-refractivity contribution is 5.99. The molecule has 9 nitrogen and oxygen atoms in total. The first-order valence-corrected chi connectivity index (χ1v) is 11.5. The highest BCUT2D eigenvalue weighted by atomic mass is 19.4. The standard InChI is InChI=1S/C26H25F3N6O3/c1-4-22(37)31-17-6-5-7-18(12-17)32-24-20(26(27,28)29)13-30-25(34-24)33-21-9-8-16-10-11-35(15(2)36)14-19(16)23(21)38-3/h4-9,12-13H,1,10-11,14H2,2-3H3,(H,31,37)(H2,30,32,33,34). The monoisotopic (exact) mass is 526 g/mol. The summed E-state index contributed by atoms with van der Waals surface area (Å²) in [5.41, 5.74) is 1.82. The summed E-state index contributed by atoms with van der Waals surface area (Å²) in [5.74, 6) is -0.656.